The van der Waals surface area contributed by atoms with E-state index in [4.69, 9.17) is 4.74 Å². The number of piperazine rings is 1. The first kappa shape index (κ1) is 12.0. The van der Waals surface area contributed by atoms with Crippen LogP contribution in [0.2, 0.25) is 0 Å². The molecule has 1 saturated heterocycles. The molecule has 2 aromatic rings. The maximum Gasteiger partial charge on any atom is 0.151 e. The Labute approximate surface area is 112 Å². The molecule has 1 fully saturated rings. The fraction of sp³-hybridized carbons (Fsp3) is 0.357. The van der Waals surface area contributed by atoms with Crippen LogP contribution in [0.25, 0.3) is 11.3 Å². The van der Waals surface area contributed by atoms with Crippen LogP contribution in [-0.4, -0.2) is 43.5 Å². The number of aromatic nitrogens is 2. The van der Waals surface area contributed by atoms with E-state index in [1.165, 1.54) is 0 Å². The van der Waals surface area contributed by atoms with Gasteiger partial charge in [-0.15, -0.1) is 0 Å². The number of nitrogens with one attached hydrogen (secondary N) is 2. The van der Waals surface area contributed by atoms with Crippen LogP contribution in [0.1, 0.15) is 0 Å². The van der Waals surface area contributed by atoms with Gasteiger partial charge in [0.2, 0.25) is 0 Å². The summed E-state index contributed by atoms with van der Waals surface area (Å²) >= 11 is 0. The van der Waals surface area contributed by atoms with E-state index in [1.807, 2.05) is 24.3 Å². The van der Waals surface area contributed by atoms with Crippen molar-refractivity contribution in [2.24, 2.45) is 0 Å². The number of hydrogen-bond donors (Lipinski definition) is 2. The van der Waals surface area contributed by atoms with Gasteiger partial charge >= 0.3 is 0 Å². The van der Waals surface area contributed by atoms with Gasteiger partial charge in [0.25, 0.3) is 0 Å². The summed E-state index contributed by atoms with van der Waals surface area (Å²) in [4.78, 5) is 2.28. The Morgan fingerprint density at radius 2 is 2.00 bits per heavy atom. The summed E-state index contributed by atoms with van der Waals surface area (Å²) in [6.07, 6.45) is 0. The smallest absolute Gasteiger partial charge is 0.151 e. The predicted molar refractivity (Wildman–Crippen MR) is 75.7 cm³/mol. The number of methoxy groups -OCH3 is 1. The van der Waals surface area contributed by atoms with Crippen molar-refractivity contribution < 1.29 is 4.74 Å². The van der Waals surface area contributed by atoms with E-state index in [-0.39, 0.29) is 0 Å². The number of rotatable bonds is 3. The van der Waals surface area contributed by atoms with Crippen molar-refractivity contribution in [3.05, 3.63) is 30.3 Å². The Bertz CT molecular complexity index is 546. The number of benzene rings is 1. The van der Waals surface area contributed by atoms with Gasteiger partial charge in [0.15, 0.2) is 5.82 Å². The molecule has 1 aromatic carbocycles. The van der Waals surface area contributed by atoms with E-state index in [1.54, 1.807) is 7.11 Å². The summed E-state index contributed by atoms with van der Waals surface area (Å²) < 4.78 is 5.38. The van der Waals surface area contributed by atoms with Gasteiger partial charge < -0.3 is 15.0 Å². The van der Waals surface area contributed by atoms with Gasteiger partial charge in [-0.1, -0.05) is 12.1 Å². The average molecular weight is 258 g/mol. The van der Waals surface area contributed by atoms with Gasteiger partial charge in [-0.05, 0) is 12.1 Å². The zero-order valence-electron chi connectivity index (χ0n) is 11.0. The molecule has 3 rings (SSSR count). The van der Waals surface area contributed by atoms with Crippen LogP contribution in [0.15, 0.2) is 30.3 Å². The van der Waals surface area contributed by atoms with Crippen LogP contribution < -0.4 is 15.0 Å². The Balaban J connectivity index is 1.88. The van der Waals surface area contributed by atoms with Crippen LogP contribution in [0.3, 0.4) is 0 Å². The largest absolute Gasteiger partial charge is 0.496 e. The van der Waals surface area contributed by atoms with Gasteiger partial charge in [0, 0.05) is 37.8 Å². The monoisotopic (exact) mass is 258 g/mol. The summed E-state index contributed by atoms with van der Waals surface area (Å²) in [7, 11) is 1.69. The lowest BCUT2D eigenvalue weighted by atomic mass is 10.1. The first-order valence-corrected chi connectivity index (χ1v) is 6.53. The number of anilines is 1. The Kier molecular flexibility index (Phi) is 3.37. The zero-order valence-corrected chi connectivity index (χ0v) is 11.0. The van der Waals surface area contributed by atoms with Crippen molar-refractivity contribution >= 4 is 5.82 Å². The zero-order chi connectivity index (χ0) is 13.1. The standard InChI is InChI=1S/C14H18N4O/c1-19-13-5-3-2-4-11(13)12-10-14(17-16-12)18-8-6-15-7-9-18/h2-5,10,15H,6-9H2,1H3,(H,16,17). The normalized spacial score (nSPS) is 15.5. The molecule has 19 heavy (non-hydrogen) atoms. The number of nitrogens with zero attached hydrogens (tertiary/aromatic N) is 2. The molecule has 1 aromatic heterocycles. The molecule has 5 nitrogen and oxygen atoms in total. The van der Waals surface area contributed by atoms with E-state index >= 15 is 0 Å². The van der Waals surface area contributed by atoms with Crippen LogP contribution >= 0.6 is 0 Å². The fourth-order valence-electron chi connectivity index (χ4n) is 2.37. The van der Waals surface area contributed by atoms with Gasteiger partial charge in [0.05, 0.1) is 12.8 Å². The average Bonchev–Trinajstić information content (AvgIpc) is 2.98. The minimum Gasteiger partial charge on any atom is -0.496 e. The number of ether oxygens (including phenoxy) is 1. The van der Waals surface area contributed by atoms with Gasteiger partial charge in [-0.2, -0.15) is 5.10 Å². The van der Waals surface area contributed by atoms with Crippen LogP contribution in [0, 0.1) is 0 Å². The third kappa shape index (κ3) is 2.42. The Morgan fingerprint density at radius 1 is 1.21 bits per heavy atom. The lowest BCUT2D eigenvalue weighted by molar-refractivity contribution is 0.416. The summed E-state index contributed by atoms with van der Waals surface area (Å²) in [5, 5.41) is 10.9. The highest BCUT2D eigenvalue weighted by Gasteiger charge is 2.15. The quantitative estimate of drug-likeness (QED) is 0.876. The van der Waals surface area contributed by atoms with Crippen molar-refractivity contribution in [2.75, 3.05) is 38.2 Å². The van der Waals surface area contributed by atoms with Gasteiger partial charge in [-0.3, -0.25) is 5.10 Å². The molecule has 2 heterocycles. The van der Waals surface area contributed by atoms with Crippen molar-refractivity contribution in [1.82, 2.24) is 15.5 Å². The van der Waals surface area contributed by atoms with E-state index < -0.39 is 0 Å². The highest BCUT2D eigenvalue weighted by Crippen LogP contribution is 2.30. The number of para-hydroxylation sites is 1. The van der Waals surface area contributed by atoms with Crippen molar-refractivity contribution in [3.63, 3.8) is 0 Å². The first-order valence-electron chi connectivity index (χ1n) is 6.53. The van der Waals surface area contributed by atoms with E-state index in [0.717, 1.165) is 49.0 Å². The molecule has 100 valence electrons. The Morgan fingerprint density at radius 3 is 2.79 bits per heavy atom. The highest BCUT2D eigenvalue weighted by atomic mass is 16.5. The number of aromatic amines is 1. The SMILES string of the molecule is COc1ccccc1-c1cc(N2CCNCC2)n[nH]1. The third-order valence-corrected chi connectivity index (χ3v) is 3.40. The molecule has 0 amide bonds. The van der Waals surface area contributed by atoms with Gasteiger partial charge in [0.1, 0.15) is 5.75 Å². The minimum absolute atomic E-state index is 0.859. The molecule has 1 aliphatic heterocycles. The second-order valence-corrected chi connectivity index (χ2v) is 4.58. The molecule has 1 aliphatic rings. The number of hydrogen-bond acceptors (Lipinski definition) is 4. The second-order valence-electron chi connectivity index (χ2n) is 4.58. The molecular weight excluding hydrogens is 240 g/mol. The van der Waals surface area contributed by atoms with Crippen LogP contribution in [0.5, 0.6) is 5.75 Å². The molecule has 5 heteroatoms. The third-order valence-electron chi connectivity index (χ3n) is 3.40. The van der Waals surface area contributed by atoms with E-state index in [9.17, 15) is 0 Å². The fourth-order valence-corrected chi connectivity index (χ4v) is 2.37. The van der Waals surface area contributed by atoms with E-state index in [2.05, 4.69) is 26.5 Å². The predicted octanol–water partition coefficient (Wildman–Crippen LogP) is 1.49. The highest BCUT2D eigenvalue weighted by molar-refractivity contribution is 5.69. The maximum atomic E-state index is 5.38. The lowest BCUT2D eigenvalue weighted by Gasteiger charge is -2.26. The van der Waals surface area contributed by atoms with Crippen molar-refractivity contribution in [3.8, 4) is 17.0 Å². The summed E-state index contributed by atoms with van der Waals surface area (Å²) in [5.74, 6) is 1.86. The molecule has 0 bridgehead atoms. The van der Waals surface area contributed by atoms with Crippen molar-refractivity contribution in [1.29, 1.82) is 0 Å². The molecule has 0 spiro atoms. The van der Waals surface area contributed by atoms with Crippen LogP contribution in [0.4, 0.5) is 5.82 Å². The van der Waals surface area contributed by atoms with Crippen LogP contribution in [-0.2, 0) is 0 Å². The molecule has 0 atom stereocenters. The maximum absolute atomic E-state index is 5.38. The van der Waals surface area contributed by atoms with Crippen molar-refractivity contribution in [2.45, 2.75) is 0 Å². The number of H-pyrrole nitrogens is 1. The minimum atomic E-state index is 0.859. The molecule has 0 radical (unpaired) electrons. The summed E-state index contributed by atoms with van der Waals surface area (Å²) in [6, 6.07) is 10.1. The molecule has 0 saturated carbocycles. The first-order chi connectivity index (χ1) is 9.38. The summed E-state index contributed by atoms with van der Waals surface area (Å²) in [5.41, 5.74) is 2.03. The Hall–Kier alpha value is -2.01. The van der Waals surface area contributed by atoms with Gasteiger partial charge in [-0.25, -0.2) is 0 Å². The van der Waals surface area contributed by atoms with E-state index in [0.29, 0.717) is 0 Å². The second kappa shape index (κ2) is 5.32. The molecule has 0 aliphatic carbocycles. The molecular formula is C14H18N4O. The lowest BCUT2D eigenvalue weighted by Crippen LogP contribution is -2.43. The molecule has 2 N–H and O–H groups in total. The summed E-state index contributed by atoms with van der Waals surface area (Å²) in [6.45, 7) is 4.01. The topological polar surface area (TPSA) is 53.2 Å². The molecule has 0 unspecified atom stereocenters.